The van der Waals surface area contributed by atoms with Gasteiger partial charge in [0.1, 0.15) is 22.2 Å². The van der Waals surface area contributed by atoms with Gasteiger partial charge in [-0.1, -0.05) is 41.9 Å². The molecule has 0 fully saturated rings. The van der Waals surface area contributed by atoms with Crippen LogP contribution in [0, 0.1) is 0 Å². The normalized spacial score (nSPS) is 10.2. The lowest BCUT2D eigenvalue weighted by Crippen LogP contribution is -2.00. The van der Waals surface area contributed by atoms with Crippen LogP contribution in [0.3, 0.4) is 0 Å². The molecular weight excluding hydrogens is 242 g/mol. The van der Waals surface area contributed by atoms with Gasteiger partial charge in [0, 0.05) is 5.56 Å². The lowest BCUT2D eigenvalue weighted by Gasteiger charge is -2.06. The maximum absolute atomic E-state index is 10.8. The molecule has 2 N–H and O–H groups in total. The molecule has 0 spiro atoms. The van der Waals surface area contributed by atoms with Gasteiger partial charge < -0.3 is 10.2 Å². The highest BCUT2D eigenvalue weighted by Crippen LogP contribution is 2.30. The van der Waals surface area contributed by atoms with Crippen LogP contribution in [0.5, 0.6) is 5.75 Å². The number of aromatic carboxylic acids is 1. The van der Waals surface area contributed by atoms with Crippen molar-refractivity contribution in [1.82, 2.24) is 4.98 Å². The van der Waals surface area contributed by atoms with Gasteiger partial charge in [0.05, 0.1) is 0 Å². The lowest BCUT2D eigenvalue weighted by molar-refractivity contribution is 0.0696. The van der Waals surface area contributed by atoms with E-state index in [2.05, 4.69) is 4.98 Å². The third-order valence-electron chi connectivity index (χ3n) is 2.23. The number of hydrogen-bond acceptors (Lipinski definition) is 3. The summed E-state index contributed by atoms with van der Waals surface area (Å²) in [5.74, 6) is -1.43. The molecule has 0 unspecified atom stereocenters. The van der Waals surface area contributed by atoms with Crippen LogP contribution >= 0.6 is 11.6 Å². The Morgan fingerprint density at radius 3 is 2.47 bits per heavy atom. The number of aromatic hydroxyl groups is 1. The zero-order valence-electron chi connectivity index (χ0n) is 8.59. The van der Waals surface area contributed by atoms with Crippen molar-refractivity contribution >= 4 is 17.6 Å². The first-order chi connectivity index (χ1) is 8.09. The predicted octanol–water partition coefficient (Wildman–Crippen LogP) is 2.81. The molecule has 0 aliphatic carbocycles. The van der Waals surface area contributed by atoms with Gasteiger partial charge in [0.15, 0.2) is 0 Å². The van der Waals surface area contributed by atoms with Crippen molar-refractivity contribution in [3.63, 3.8) is 0 Å². The van der Waals surface area contributed by atoms with E-state index >= 15 is 0 Å². The van der Waals surface area contributed by atoms with Crippen LogP contribution in [0.4, 0.5) is 0 Å². The number of carboxylic acids is 1. The summed E-state index contributed by atoms with van der Waals surface area (Å²) in [6.07, 6.45) is 0. The third kappa shape index (κ3) is 2.21. The molecular formula is C12H8ClNO3. The molecule has 0 amide bonds. The summed E-state index contributed by atoms with van der Waals surface area (Å²) in [6.45, 7) is 0. The van der Waals surface area contributed by atoms with Crippen molar-refractivity contribution in [1.29, 1.82) is 0 Å². The summed E-state index contributed by atoms with van der Waals surface area (Å²) in [7, 11) is 0. The smallest absolute Gasteiger partial charge is 0.338 e. The van der Waals surface area contributed by atoms with Gasteiger partial charge >= 0.3 is 5.97 Å². The molecule has 17 heavy (non-hydrogen) atoms. The largest absolute Gasteiger partial charge is 0.506 e. The molecule has 0 radical (unpaired) electrons. The van der Waals surface area contributed by atoms with E-state index in [1.165, 1.54) is 0 Å². The first-order valence-electron chi connectivity index (χ1n) is 4.78. The standard InChI is InChI=1S/C12H8ClNO3/c13-11-8(12(16)17)6-9(15)10(14-11)7-4-2-1-3-5-7/h1-6,15H,(H,16,17). The average molecular weight is 250 g/mol. The highest BCUT2D eigenvalue weighted by Gasteiger charge is 2.15. The molecule has 1 aromatic heterocycles. The molecule has 2 aromatic rings. The highest BCUT2D eigenvalue weighted by atomic mass is 35.5. The van der Waals surface area contributed by atoms with E-state index in [1.807, 2.05) is 6.07 Å². The number of pyridine rings is 1. The second kappa shape index (κ2) is 4.43. The molecule has 0 atom stereocenters. The SMILES string of the molecule is O=C(O)c1cc(O)c(-c2ccccc2)nc1Cl. The number of nitrogens with zero attached hydrogens (tertiary/aromatic N) is 1. The molecule has 0 saturated heterocycles. The van der Waals surface area contributed by atoms with E-state index in [4.69, 9.17) is 16.7 Å². The van der Waals surface area contributed by atoms with E-state index < -0.39 is 5.97 Å². The second-order valence-corrected chi connectivity index (χ2v) is 3.72. The fourth-order valence-electron chi connectivity index (χ4n) is 1.44. The Kier molecular flexibility index (Phi) is 2.97. The molecule has 0 bridgehead atoms. The van der Waals surface area contributed by atoms with Gasteiger partial charge in [-0.2, -0.15) is 0 Å². The number of rotatable bonds is 2. The monoisotopic (exact) mass is 249 g/mol. The molecule has 1 heterocycles. The van der Waals surface area contributed by atoms with Gasteiger partial charge in [-0.05, 0) is 6.07 Å². The summed E-state index contributed by atoms with van der Waals surface area (Å²) < 4.78 is 0. The fourth-order valence-corrected chi connectivity index (χ4v) is 1.66. The Hall–Kier alpha value is -2.07. The van der Waals surface area contributed by atoms with Crippen LogP contribution in [-0.2, 0) is 0 Å². The molecule has 86 valence electrons. The van der Waals surface area contributed by atoms with Crippen LogP contribution in [0.25, 0.3) is 11.3 Å². The number of carboxylic acid groups (broad SMARTS) is 1. The van der Waals surface area contributed by atoms with Gasteiger partial charge in [-0.15, -0.1) is 0 Å². The molecule has 1 aromatic carbocycles. The molecule has 5 heteroatoms. The number of halogens is 1. The molecule has 0 aliphatic heterocycles. The Bertz CT molecular complexity index is 569. The Morgan fingerprint density at radius 1 is 1.24 bits per heavy atom. The molecule has 0 saturated carbocycles. The van der Waals surface area contributed by atoms with E-state index in [-0.39, 0.29) is 22.2 Å². The average Bonchev–Trinajstić information content (AvgIpc) is 2.32. The Morgan fingerprint density at radius 2 is 1.88 bits per heavy atom. The zero-order chi connectivity index (χ0) is 12.4. The second-order valence-electron chi connectivity index (χ2n) is 3.37. The van der Waals surface area contributed by atoms with Gasteiger partial charge in [-0.25, -0.2) is 9.78 Å². The van der Waals surface area contributed by atoms with E-state index in [0.717, 1.165) is 6.07 Å². The van der Waals surface area contributed by atoms with Crippen LogP contribution in [0.1, 0.15) is 10.4 Å². The predicted molar refractivity (Wildman–Crippen MR) is 63.3 cm³/mol. The van der Waals surface area contributed by atoms with Crippen molar-refractivity contribution in [2.45, 2.75) is 0 Å². The summed E-state index contributed by atoms with van der Waals surface area (Å²) in [5, 5.41) is 18.4. The number of benzene rings is 1. The van der Waals surface area contributed by atoms with Crippen molar-refractivity contribution < 1.29 is 15.0 Å². The highest BCUT2D eigenvalue weighted by molar-refractivity contribution is 6.32. The maximum atomic E-state index is 10.8. The first-order valence-corrected chi connectivity index (χ1v) is 5.15. The molecule has 0 aliphatic rings. The minimum Gasteiger partial charge on any atom is -0.506 e. The summed E-state index contributed by atoms with van der Waals surface area (Å²) in [4.78, 5) is 14.7. The Labute approximate surface area is 102 Å². The summed E-state index contributed by atoms with van der Waals surface area (Å²) in [5.41, 5.74) is 0.716. The van der Waals surface area contributed by atoms with Gasteiger partial charge in [0.2, 0.25) is 0 Å². The number of aromatic nitrogens is 1. The summed E-state index contributed by atoms with van der Waals surface area (Å²) >= 11 is 5.74. The Balaban J connectivity index is 2.58. The van der Waals surface area contributed by atoms with Crippen LogP contribution in [-0.4, -0.2) is 21.2 Å². The fraction of sp³-hybridized carbons (Fsp3) is 0. The van der Waals surface area contributed by atoms with Crippen molar-refractivity contribution in [2.75, 3.05) is 0 Å². The molecule has 2 rings (SSSR count). The van der Waals surface area contributed by atoms with E-state index in [0.29, 0.717) is 5.56 Å². The van der Waals surface area contributed by atoms with Gasteiger partial charge in [-0.3, -0.25) is 0 Å². The third-order valence-corrected chi connectivity index (χ3v) is 2.52. The minimum absolute atomic E-state index is 0.144. The van der Waals surface area contributed by atoms with Crippen molar-refractivity contribution in [3.05, 3.63) is 47.1 Å². The van der Waals surface area contributed by atoms with Crippen LogP contribution in [0.2, 0.25) is 5.15 Å². The summed E-state index contributed by atoms with van der Waals surface area (Å²) in [6, 6.07) is 10.00. The molecule has 4 nitrogen and oxygen atoms in total. The number of carbonyl (C=O) groups is 1. The lowest BCUT2D eigenvalue weighted by atomic mass is 10.1. The topological polar surface area (TPSA) is 70.4 Å². The minimum atomic E-state index is -1.22. The van der Waals surface area contributed by atoms with E-state index in [9.17, 15) is 9.90 Å². The van der Waals surface area contributed by atoms with E-state index in [1.54, 1.807) is 24.3 Å². The maximum Gasteiger partial charge on any atom is 0.338 e. The number of hydrogen-bond donors (Lipinski definition) is 2. The van der Waals surface area contributed by atoms with Crippen molar-refractivity contribution in [3.8, 4) is 17.0 Å². The first kappa shape index (κ1) is 11.4. The van der Waals surface area contributed by atoms with Crippen LogP contribution < -0.4 is 0 Å². The van der Waals surface area contributed by atoms with Crippen LogP contribution in [0.15, 0.2) is 36.4 Å². The zero-order valence-corrected chi connectivity index (χ0v) is 9.35. The van der Waals surface area contributed by atoms with Crippen molar-refractivity contribution in [2.24, 2.45) is 0 Å². The quantitative estimate of drug-likeness (QED) is 0.803. The van der Waals surface area contributed by atoms with Gasteiger partial charge in [0.25, 0.3) is 0 Å².